The summed E-state index contributed by atoms with van der Waals surface area (Å²) in [6, 6.07) is 4.48. The van der Waals surface area contributed by atoms with Gasteiger partial charge in [-0.3, -0.25) is 4.90 Å². The van der Waals surface area contributed by atoms with Crippen LogP contribution in [0.15, 0.2) is 22.0 Å². The van der Waals surface area contributed by atoms with Crippen molar-refractivity contribution in [2.75, 3.05) is 26.7 Å². The maximum absolute atomic E-state index is 13.9. The van der Waals surface area contributed by atoms with Crippen LogP contribution in [0.2, 0.25) is 0 Å². The molecular formula is C17H25FN4OS. The molecule has 0 radical (unpaired) electrons. The first-order valence-electron chi connectivity index (χ1n) is 8.48. The molecule has 1 fully saturated rings. The highest BCUT2D eigenvalue weighted by Crippen LogP contribution is 2.24. The Morgan fingerprint density at radius 1 is 1.50 bits per heavy atom. The summed E-state index contributed by atoms with van der Waals surface area (Å²) in [4.78, 5) is 10.1. The van der Waals surface area contributed by atoms with E-state index in [2.05, 4.69) is 44.5 Å². The minimum Gasteiger partial charge on any atom is -0.339 e. The van der Waals surface area contributed by atoms with Gasteiger partial charge in [-0.15, -0.1) is 11.3 Å². The van der Waals surface area contributed by atoms with Gasteiger partial charge in [0.15, 0.2) is 5.82 Å². The Balaban J connectivity index is 1.44. The van der Waals surface area contributed by atoms with Gasteiger partial charge >= 0.3 is 0 Å². The highest BCUT2D eigenvalue weighted by atomic mass is 32.1. The third kappa shape index (κ3) is 4.84. The molecule has 0 unspecified atom stereocenters. The summed E-state index contributed by atoms with van der Waals surface area (Å²) in [5, 5.41) is 5.89. The van der Waals surface area contributed by atoms with E-state index in [4.69, 9.17) is 4.52 Å². The van der Waals surface area contributed by atoms with Crippen LogP contribution in [0.3, 0.4) is 0 Å². The summed E-state index contributed by atoms with van der Waals surface area (Å²) >= 11 is 1.74. The molecule has 1 aliphatic rings. The van der Waals surface area contributed by atoms with Crippen molar-refractivity contribution in [3.05, 3.63) is 34.1 Å². The molecule has 0 aromatic carbocycles. The van der Waals surface area contributed by atoms with E-state index in [1.807, 2.05) is 6.92 Å². The van der Waals surface area contributed by atoms with Crippen molar-refractivity contribution in [2.45, 2.75) is 44.9 Å². The van der Waals surface area contributed by atoms with Gasteiger partial charge in [-0.25, -0.2) is 4.39 Å². The summed E-state index contributed by atoms with van der Waals surface area (Å²) in [5.41, 5.74) is 0. The van der Waals surface area contributed by atoms with Crippen molar-refractivity contribution in [1.82, 2.24) is 19.9 Å². The fourth-order valence-electron chi connectivity index (χ4n) is 3.30. The van der Waals surface area contributed by atoms with Crippen LogP contribution in [0.5, 0.6) is 0 Å². The second-order valence-electron chi connectivity index (χ2n) is 6.60. The zero-order chi connectivity index (χ0) is 16.9. The van der Waals surface area contributed by atoms with Crippen LogP contribution in [-0.2, 0) is 13.0 Å². The van der Waals surface area contributed by atoms with Crippen molar-refractivity contribution in [3.63, 3.8) is 0 Å². The van der Waals surface area contributed by atoms with Gasteiger partial charge in [0, 0.05) is 37.0 Å². The predicted octanol–water partition coefficient (Wildman–Crippen LogP) is 2.92. The van der Waals surface area contributed by atoms with Gasteiger partial charge in [-0.2, -0.15) is 4.98 Å². The predicted molar refractivity (Wildman–Crippen MR) is 92.9 cm³/mol. The van der Waals surface area contributed by atoms with Crippen molar-refractivity contribution in [3.8, 4) is 0 Å². The number of hydrogen-bond donors (Lipinski definition) is 0. The first kappa shape index (κ1) is 17.5. The number of alkyl halides is 1. The summed E-state index contributed by atoms with van der Waals surface area (Å²) in [6.45, 7) is 5.08. The number of likely N-dealkylation sites (tertiary alicyclic amines) is 1. The number of aryl methyl sites for hydroxylation is 2. The molecule has 0 bridgehead atoms. The van der Waals surface area contributed by atoms with E-state index in [9.17, 15) is 4.39 Å². The van der Waals surface area contributed by atoms with E-state index in [1.54, 1.807) is 11.3 Å². The lowest BCUT2D eigenvalue weighted by Gasteiger charge is -2.28. The number of aromatic nitrogens is 2. The van der Waals surface area contributed by atoms with E-state index in [0.29, 0.717) is 24.7 Å². The molecule has 7 heteroatoms. The number of rotatable bonds is 8. The van der Waals surface area contributed by atoms with Gasteiger partial charge in [0.2, 0.25) is 5.89 Å². The van der Waals surface area contributed by atoms with E-state index in [0.717, 1.165) is 32.5 Å². The molecule has 0 N–H and O–H groups in total. The van der Waals surface area contributed by atoms with Crippen LogP contribution < -0.4 is 0 Å². The Labute approximate surface area is 146 Å². The number of hydrogen-bond acceptors (Lipinski definition) is 6. The number of nitrogens with zero attached hydrogens (tertiary/aromatic N) is 4. The maximum Gasteiger partial charge on any atom is 0.226 e. The normalized spacial score (nSPS) is 21.8. The van der Waals surface area contributed by atoms with E-state index < -0.39 is 6.17 Å². The van der Waals surface area contributed by atoms with Gasteiger partial charge in [-0.1, -0.05) is 11.2 Å². The molecule has 0 aliphatic carbocycles. The minimum atomic E-state index is -0.704. The Morgan fingerprint density at radius 3 is 3.08 bits per heavy atom. The average Bonchev–Trinajstić information content (AvgIpc) is 3.24. The van der Waals surface area contributed by atoms with E-state index in [-0.39, 0.29) is 6.04 Å². The minimum absolute atomic E-state index is 0.290. The van der Waals surface area contributed by atoms with Crippen molar-refractivity contribution >= 4 is 11.3 Å². The van der Waals surface area contributed by atoms with Gasteiger partial charge < -0.3 is 9.42 Å². The fraction of sp³-hybridized carbons (Fsp3) is 0.647. The second kappa shape index (κ2) is 8.18. The van der Waals surface area contributed by atoms with E-state index >= 15 is 0 Å². The van der Waals surface area contributed by atoms with Crippen LogP contribution in [0, 0.1) is 6.92 Å². The molecule has 2 aromatic rings. The Hall–Kier alpha value is -1.31. The summed E-state index contributed by atoms with van der Waals surface area (Å²) in [5.74, 6) is 1.38. The van der Waals surface area contributed by atoms with Crippen LogP contribution in [0.4, 0.5) is 4.39 Å². The van der Waals surface area contributed by atoms with Gasteiger partial charge in [0.25, 0.3) is 0 Å². The number of likely N-dealkylation sites (N-methyl/N-ethyl adjacent to an activating group) is 1. The van der Waals surface area contributed by atoms with Crippen LogP contribution >= 0.6 is 11.3 Å². The average molecular weight is 352 g/mol. The van der Waals surface area contributed by atoms with Crippen molar-refractivity contribution < 1.29 is 8.91 Å². The molecule has 0 saturated carbocycles. The Kier molecular flexibility index (Phi) is 5.97. The van der Waals surface area contributed by atoms with Crippen molar-refractivity contribution in [2.24, 2.45) is 0 Å². The lowest BCUT2D eigenvalue weighted by atomic mass is 10.2. The molecule has 2 aromatic heterocycles. The fourth-order valence-corrected chi connectivity index (χ4v) is 4.03. The molecule has 3 rings (SSSR count). The summed E-state index contributed by atoms with van der Waals surface area (Å²) in [6.07, 6.45) is 1.69. The largest absolute Gasteiger partial charge is 0.339 e. The van der Waals surface area contributed by atoms with Gasteiger partial charge in [-0.05, 0) is 44.8 Å². The lowest BCUT2D eigenvalue weighted by molar-refractivity contribution is 0.183. The smallest absolute Gasteiger partial charge is 0.226 e. The first-order valence-corrected chi connectivity index (χ1v) is 9.36. The van der Waals surface area contributed by atoms with Crippen LogP contribution in [-0.4, -0.2) is 58.8 Å². The van der Waals surface area contributed by atoms with Gasteiger partial charge in [0.05, 0.1) is 0 Å². The Bertz CT molecular complexity index is 618. The topological polar surface area (TPSA) is 45.4 Å². The standard InChI is InChI=1S/C17H25FN4OS/c1-13-19-17(23-20-13)6-3-7-21(2)11-15-9-14(18)10-22(15)12-16-5-4-8-24-16/h4-5,8,14-15H,3,6-7,9-12H2,1-2H3/t14-,15-/m0/s1. The molecular weight excluding hydrogens is 327 g/mol. The van der Waals surface area contributed by atoms with Crippen LogP contribution in [0.1, 0.15) is 29.4 Å². The SMILES string of the molecule is Cc1noc(CCCN(C)C[C@@H]2C[C@H](F)CN2Cc2cccs2)n1. The maximum atomic E-state index is 13.9. The van der Waals surface area contributed by atoms with Gasteiger partial charge in [0.1, 0.15) is 6.17 Å². The lowest BCUT2D eigenvalue weighted by Crippen LogP contribution is -2.38. The van der Waals surface area contributed by atoms with E-state index in [1.165, 1.54) is 4.88 Å². The quantitative estimate of drug-likeness (QED) is 0.731. The molecule has 0 spiro atoms. The third-order valence-electron chi connectivity index (χ3n) is 4.44. The molecule has 24 heavy (non-hydrogen) atoms. The molecule has 132 valence electrons. The molecule has 1 saturated heterocycles. The number of thiophene rings is 1. The molecule has 3 heterocycles. The monoisotopic (exact) mass is 352 g/mol. The molecule has 1 aliphatic heterocycles. The van der Waals surface area contributed by atoms with Crippen LogP contribution in [0.25, 0.3) is 0 Å². The summed E-state index contributed by atoms with van der Waals surface area (Å²) in [7, 11) is 2.11. The zero-order valence-corrected chi connectivity index (χ0v) is 15.1. The first-order chi connectivity index (χ1) is 11.6. The third-order valence-corrected chi connectivity index (χ3v) is 5.30. The Morgan fingerprint density at radius 2 is 2.38 bits per heavy atom. The zero-order valence-electron chi connectivity index (χ0n) is 14.3. The van der Waals surface area contributed by atoms with Crippen molar-refractivity contribution in [1.29, 1.82) is 0 Å². The molecule has 5 nitrogen and oxygen atoms in total. The molecule has 0 amide bonds. The number of halogens is 1. The molecule has 2 atom stereocenters. The highest BCUT2D eigenvalue weighted by Gasteiger charge is 2.32. The summed E-state index contributed by atoms with van der Waals surface area (Å²) < 4.78 is 19.0. The highest BCUT2D eigenvalue weighted by molar-refractivity contribution is 7.09. The second-order valence-corrected chi connectivity index (χ2v) is 7.63.